The minimum atomic E-state index is -0.561. The van der Waals surface area contributed by atoms with Crippen LogP contribution in [0.4, 0.5) is 0 Å². The Morgan fingerprint density at radius 3 is 2.26 bits per heavy atom. The van der Waals surface area contributed by atoms with Gasteiger partial charge in [-0.05, 0) is 30.9 Å². The highest BCUT2D eigenvalue weighted by Gasteiger charge is 2.17. The standard InChI is InChI=1S/C17H20Cl2O4/c18-13-7-4-8-14(19)17(13)23-16(21)10-9-15(20)22-11-12-5-2-1-3-6-12/h4,7-8,12H,1-3,5-6,9-11H2. The van der Waals surface area contributed by atoms with Crippen LogP contribution in [0.1, 0.15) is 44.9 Å². The smallest absolute Gasteiger partial charge is 0.311 e. The Morgan fingerprint density at radius 1 is 1.00 bits per heavy atom. The van der Waals surface area contributed by atoms with E-state index in [2.05, 4.69) is 0 Å². The van der Waals surface area contributed by atoms with Crippen molar-refractivity contribution in [3.8, 4) is 5.75 Å². The lowest BCUT2D eigenvalue weighted by atomic mass is 9.90. The average Bonchev–Trinajstić information content (AvgIpc) is 2.55. The minimum Gasteiger partial charge on any atom is -0.465 e. The van der Waals surface area contributed by atoms with Gasteiger partial charge in [-0.2, -0.15) is 0 Å². The third-order valence-electron chi connectivity index (χ3n) is 3.87. The molecule has 2 rings (SSSR count). The van der Waals surface area contributed by atoms with Crippen LogP contribution in [0.15, 0.2) is 18.2 Å². The van der Waals surface area contributed by atoms with Crippen molar-refractivity contribution >= 4 is 35.1 Å². The molecular weight excluding hydrogens is 339 g/mol. The fourth-order valence-corrected chi connectivity index (χ4v) is 3.06. The SMILES string of the molecule is O=C(CCC(=O)Oc1c(Cl)cccc1Cl)OCC1CCCCC1. The predicted octanol–water partition coefficient (Wildman–Crippen LogP) is 4.80. The molecular formula is C17H20Cl2O4. The van der Waals surface area contributed by atoms with E-state index in [1.165, 1.54) is 19.3 Å². The lowest BCUT2D eigenvalue weighted by molar-refractivity contribution is -0.148. The van der Waals surface area contributed by atoms with E-state index in [1.54, 1.807) is 18.2 Å². The first kappa shape index (κ1) is 18.1. The molecule has 1 saturated carbocycles. The molecule has 0 aliphatic heterocycles. The molecule has 0 amide bonds. The van der Waals surface area contributed by atoms with Crippen LogP contribution in [-0.4, -0.2) is 18.5 Å². The van der Waals surface area contributed by atoms with Crippen LogP contribution in [0.3, 0.4) is 0 Å². The first-order valence-corrected chi connectivity index (χ1v) is 8.62. The van der Waals surface area contributed by atoms with Gasteiger partial charge in [0.25, 0.3) is 0 Å². The highest BCUT2D eigenvalue weighted by atomic mass is 35.5. The summed E-state index contributed by atoms with van der Waals surface area (Å²) in [5.74, 6) is -0.356. The van der Waals surface area contributed by atoms with Crippen molar-refractivity contribution in [2.24, 2.45) is 5.92 Å². The zero-order valence-corrected chi connectivity index (χ0v) is 14.4. The number of hydrogen-bond acceptors (Lipinski definition) is 4. The Bertz CT molecular complexity index is 533. The molecule has 1 fully saturated rings. The Balaban J connectivity index is 1.70. The van der Waals surface area contributed by atoms with Gasteiger partial charge >= 0.3 is 11.9 Å². The van der Waals surface area contributed by atoms with E-state index < -0.39 is 5.97 Å². The van der Waals surface area contributed by atoms with E-state index in [4.69, 9.17) is 32.7 Å². The number of rotatable bonds is 6. The number of carbonyl (C=O) groups is 2. The second-order valence-corrected chi connectivity index (χ2v) is 6.53. The molecule has 126 valence electrons. The Kier molecular flexibility index (Phi) is 7.18. The Morgan fingerprint density at radius 2 is 1.61 bits per heavy atom. The van der Waals surface area contributed by atoms with Crippen LogP contribution < -0.4 is 4.74 Å². The maximum Gasteiger partial charge on any atom is 0.311 e. The van der Waals surface area contributed by atoms with Gasteiger partial charge in [0.15, 0.2) is 5.75 Å². The summed E-state index contributed by atoms with van der Waals surface area (Å²) in [5, 5.41) is 0.511. The highest BCUT2D eigenvalue weighted by molar-refractivity contribution is 6.37. The van der Waals surface area contributed by atoms with Crippen molar-refractivity contribution in [1.82, 2.24) is 0 Å². The van der Waals surface area contributed by atoms with E-state index in [9.17, 15) is 9.59 Å². The lowest BCUT2D eigenvalue weighted by Crippen LogP contribution is -2.18. The summed E-state index contributed by atoms with van der Waals surface area (Å²) in [6.07, 6.45) is 5.82. The number of hydrogen-bond donors (Lipinski definition) is 0. The highest BCUT2D eigenvalue weighted by Crippen LogP contribution is 2.32. The fourth-order valence-electron chi connectivity index (χ4n) is 2.59. The van der Waals surface area contributed by atoms with Crippen molar-refractivity contribution in [3.63, 3.8) is 0 Å². The summed E-state index contributed by atoms with van der Waals surface area (Å²) in [7, 11) is 0. The fraction of sp³-hybridized carbons (Fsp3) is 0.529. The van der Waals surface area contributed by atoms with Gasteiger partial charge in [-0.3, -0.25) is 9.59 Å². The summed E-state index contributed by atoms with van der Waals surface area (Å²) < 4.78 is 10.3. The molecule has 1 aromatic rings. The van der Waals surface area contributed by atoms with E-state index in [0.717, 1.165) is 12.8 Å². The third kappa shape index (κ3) is 6.04. The molecule has 0 heterocycles. The first-order chi connectivity index (χ1) is 11.1. The van der Waals surface area contributed by atoms with Gasteiger partial charge < -0.3 is 9.47 Å². The molecule has 4 nitrogen and oxygen atoms in total. The molecule has 0 aromatic heterocycles. The van der Waals surface area contributed by atoms with Crippen molar-refractivity contribution in [1.29, 1.82) is 0 Å². The van der Waals surface area contributed by atoms with E-state index in [-0.39, 0.29) is 34.6 Å². The normalized spacial score (nSPS) is 15.2. The Hall–Kier alpha value is -1.26. The quantitative estimate of drug-likeness (QED) is 0.541. The second-order valence-electron chi connectivity index (χ2n) is 5.71. The summed E-state index contributed by atoms with van der Waals surface area (Å²) in [6, 6.07) is 4.81. The van der Waals surface area contributed by atoms with Crippen LogP contribution >= 0.6 is 23.2 Å². The number of esters is 2. The number of benzene rings is 1. The lowest BCUT2D eigenvalue weighted by Gasteiger charge is -2.20. The molecule has 23 heavy (non-hydrogen) atoms. The van der Waals surface area contributed by atoms with Crippen LogP contribution in [0.5, 0.6) is 5.75 Å². The minimum absolute atomic E-state index is 0.00632. The maximum absolute atomic E-state index is 11.8. The topological polar surface area (TPSA) is 52.6 Å². The van der Waals surface area contributed by atoms with Crippen LogP contribution in [0.2, 0.25) is 10.0 Å². The molecule has 0 N–H and O–H groups in total. The molecule has 0 unspecified atom stereocenters. The molecule has 6 heteroatoms. The van der Waals surface area contributed by atoms with E-state index in [1.807, 2.05) is 0 Å². The van der Waals surface area contributed by atoms with E-state index in [0.29, 0.717) is 12.5 Å². The summed E-state index contributed by atoms with van der Waals surface area (Å²) in [6.45, 7) is 0.449. The van der Waals surface area contributed by atoms with Gasteiger partial charge in [-0.15, -0.1) is 0 Å². The van der Waals surface area contributed by atoms with Gasteiger partial charge in [0, 0.05) is 0 Å². The van der Waals surface area contributed by atoms with Gasteiger partial charge in [0.2, 0.25) is 0 Å². The van der Waals surface area contributed by atoms with Gasteiger partial charge in [0.1, 0.15) is 0 Å². The molecule has 1 aliphatic carbocycles. The average molecular weight is 359 g/mol. The number of halogens is 2. The zero-order chi connectivity index (χ0) is 16.7. The summed E-state index contributed by atoms with van der Waals surface area (Å²) >= 11 is 11.8. The predicted molar refractivity (Wildman–Crippen MR) is 88.9 cm³/mol. The first-order valence-electron chi connectivity index (χ1n) is 7.86. The molecule has 0 saturated heterocycles. The van der Waals surface area contributed by atoms with Gasteiger partial charge in [-0.25, -0.2) is 0 Å². The van der Waals surface area contributed by atoms with Crippen LogP contribution in [0, 0.1) is 5.92 Å². The van der Waals surface area contributed by atoms with Gasteiger partial charge in [-0.1, -0.05) is 48.5 Å². The molecule has 0 spiro atoms. The molecule has 0 atom stereocenters. The second kappa shape index (κ2) is 9.14. The van der Waals surface area contributed by atoms with E-state index >= 15 is 0 Å². The van der Waals surface area contributed by atoms with Crippen LogP contribution in [-0.2, 0) is 14.3 Å². The molecule has 0 bridgehead atoms. The van der Waals surface area contributed by atoms with Crippen molar-refractivity contribution in [2.75, 3.05) is 6.61 Å². The summed E-state index contributed by atoms with van der Waals surface area (Å²) in [5.41, 5.74) is 0. The molecule has 1 aromatic carbocycles. The number of ether oxygens (including phenoxy) is 2. The third-order valence-corrected chi connectivity index (χ3v) is 4.47. The summed E-state index contributed by atoms with van der Waals surface area (Å²) in [4.78, 5) is 23.5. The van der Waals surface area contributed by atoms with Crippen LogP contribution in [0.25, 0.3) is 0 Å². The Labute approximate surface area is 146 Å². The largest absolute Gasteiger partial charge is 0.465 e. The number of carbonyl (C=O) groups excluding carboxylic acids is 2. The maximum atomic E-state index is 11.8. The van der Waals surface area contributed by atoms with Crippen molar-refractivity contribution in [2.45, 2.75) is 44.9 Å². The molecule has 0 radical (unpaired) electrons. The van der Waals surface area contributed by atoms with Crippen molar-refractivity contribution in [3.05, 3.63) is 28.2 Å². The zero-order valence-electron chi connectivity index (χ0n) is 12.9. The van der Waals surface area contributed by atoms with Crippen molar-refractivity contribution < 1.29 is 19.1 Å². The number of para-hydroxylation sites is 1. The monoisotopic (exact) mass is 358 g/mol. The molecule has 1 aliphatic rings. The van der Waals surface area contributed by atoms with Gasteiger partial charge in [0.05, 0.1) is 29.5 Å².